The topological polar surface area (TPSA) is 62.5 Å². The van der Waals surface area contributed by atoms with Gasteiger partial charge in [-0.25, -0.2) is 0 Å². The molecule has 0 aliphatic rings. The molecule has 1 heterocycles. The molecular formula is C10H13F2NO3S. The van der Waals surface area contributed by atoms with Gasteiger partial charge in [-0.3, -0.25) is 10.1 Å². The largest absolute Gasteiger partial charge is 0.480 e. The average Bonchev–Trinajstić information content (AvgIpc) is 2.70. The number of nitrogens with one attached hydrogen (secondary N) is 1. The second-order valence-corrected chi connectivity index (χ2v) is 4.36. The lowest BCUT2D eigenvalue weighted by Gasteiger charge is -2.06. The highest BCUT2D eigenvalue weighted by Crippen LogP contribution is 2.21. The van der Waals surface area contributed by atoms with Gasteiger partial charge in [0.2, 0.25) is 0 Å². The van der Waals surface area contributed by atoms with Crippen LogP contribution in [0.1, 0.15) is 18.4 Å². The first-order valence-electron chi connectivity index (χ1n) is 4.92. The van der Waals surface area contributed by atoms with Gasteiger partial charge in [0.15, 0.2) is 0 Å². The van der Waals surface area contributed by atoms with Gasteiger partial charge < -0.3 is 9.52 Å². The van der Waals surface area contributed by atoms with Crippen molar-refractivity contribution < 1.29 is 23.1 Å². The second-order valence-electron chi connectivity index (χ2n) is 3.38. The fourth-order valence-electron chi connectivity index (χ4n) is 1.08. The summed E-state index contributed by atoms with van der Waals surface area (Å²) in [6.07, 6.45) is 0. The van der Waals surface area contributed by atoms with E-state index in [1.165, 1.54) is 6.92 Å². The number of halogens is 2. The Morgan fingerprint density at radius 2 is 2.18 bits per heavy atom. The van der Waals surface area contributed by atoms with Crippen LogP contribution in [0.2, 0.25) is 0 Å². The number of hydrogen-bond donors (Lipinski definition) is 2. The lowest BCUT2D eigenvalue weighted by Crippen LogP contribution is -2.32. The van der Waals surface area contributed by atoms with Crippen molar-refractivity contribution in [2.45, 2.75) is 31.0 Å². The first kappa shape index (κ1) is 14.0. The maximum atomic E-state index is 11.9. The van der Waals surface area contributed by atoms with Crippen LogP contribution in [0.3, 0.4) is 0 Å². The second kappa shape index (κ2) is 6.61. The molecule has 4 nitrogen and oxygen atoms in total. The Morgan fingerprint density at radius 3 is 2.76 bits per heavy atom. The van der Waals surface area contributed by atoms with Crippen LogP contribution in [-0.4, -0.2) is 22.9 Å². The van der Waals surface area contributed by atoms with Gasteiger partial charge in [-0.15, -0.1) is 0 Å². The molecule has 0 saturated carbocycles. The molecule has 1 aromatic rings. The lowest BCUT2D eigenvalue weighted by molar-refractivity contribution is -0.139. The monoisotopic (exact) mass is 265 g/mol. The van der Waals surface area contributed by atoms with Gasteiger partial charge in [0.1, 0.15) is 17.6 Å². The summed E-state index contributed by atoms with van der Waals surface area (Å²) in [5.74, 6) is -2.29. The van der Waals surface area contributed by atoms with Crippen molar-refractivity contribution in [3.05, 3.63) is 23.7 Å². The number of thioether (sulfide) groups is 1. The van der Waals surface area contributed by atoms with Crippen LogP contribution in [0.5, 0.6) is 0 Å². The Bertz CT molecular complexity index is 370. The summed E-state index contributed by atoms with van der Waals surface area (Å²) in [6.45, 7) is 1.77. The summed E-state index contributed by atoms with van der Waals surface area (Å²) >= 11 is 0.485. The highest BCUT2D eigenvalue weighted by molar-refractivity contribution is 7.98. The van der Waals surface area contributed by atoms with E-state index in [2.05, 4.69) is 5.32 Å². The maximum Gasteiger partial charge on any atom is 0.320 e. The molecule has 0 saturated heterocycles. The number of carboxylic acid groups (broad SMARTS) is 1. The standard InChI is InChI=1S/C10H13F2NO3S/c1-6(9(14)15)13-4-7-2-3-8(16-7)5-17-10(11)12/h2-3,6,10,13H,4-5H2,1H3,(H,14,15). The Labute approximate surface area is 101 Å². The minimum atomic E-state index is -2.42. The zero-order valence-corrected chi connectivity index (χ0v) is 9.97. The van der Waals surface area contributed by atoms with Gasteiger partial charge in [0, 0.05) is 0 Å². The quantitative estimate of drug-likeness (QED) is 0.792. The first-order chi connectivity index (χ1) is 7.99. The zero-order chi connectivity index (χ0) is 12.8. The number of carboxylic acids is 1. The summed E-state index contributed by atoms with van der Waals surface area (Å²) in [5, 5.41) is 11.4. The summed E-state index contributed by atoms with van der Waals surface area (Å²) in [6, 6.07) is 2.57. The van der Waals surface area contributed by atoms with E-state index in [1.807, 2.05) is 0 Å². The highest BCUT2D eigenvalue weighted by atomic mass is 32.2. The van der Waals surface area contributed by atoms with Gasteiger partial charge in [-0.05, 0) is 19.1 Å². The molecule has 1 aromatic heterocycles. The molecule has 0 radical (unpaired) electrons. The van der Waals surface area contributed by atoms with E-state index in [-0.39, 0.29) is 12.3 Å². The van der Waals surface area contributed by atoms with Crippen molar-refractivity contribution in [1.29, 1.82) is 0 Å². The zero-order valence-electron chi connectivity index (χ0n) is 9.15. The lowest BCUT2D eigenvalue weighted by atomic mass is 10.3. The molecule has 1 rings (SSSR count). The predicted octanol–water partition coefficient (Wildman–Crippen LogP) is 2.30. The first-order valence-corrected chi connectivity index (χ1v) is 5.97. The molecule has 0 aromatic carbocycles. The minimum absolute atomic E-state index is 0.103. The van der Waals surface area contributed by atoms with E-state index in [4.69, 9.17) is 9.52 Å². The van der Waals surface area contributed by atoms with Gasteiger partial charge >= 0.3 is 5.97 Å². The van der Waals surface area contributed by atoms with Gasteiger partial charge in [0.25, 0.3) is 5.76 Å². The molecule has 0 fully saturated rings. The molecule has 0 amide bonds. The number of rotatable bonds is 7. The van der Waals surface area contributed by atoms with Crippen molar-refractivity contribution in [2.75, 3.05) is 0 Å². The molecule has 0 aliphatic carbocycles. The molecule has 1 unspecified atom stereocenters. The van der Waals surface area contributed by atoms with Gasteiger partial charge in [-0.2, -0.15) is 8.78 Å². The van der Waals surface area contributed by atoms with Gasteiger partial charge in [-0.1, -0.05) is 11.8 Å². The summed E-state index contributed by atoms with van der Waals surface area (Å²) in [7, 11) is 0. The van der Waals surface area contributed by atoms with E-state index in [0.29, 0.717) is 23.3 Å². The molecule has 7 heteroatoms. The van der Waals surface area contributed by atoms with Crippen molar-refractivity contribution >= 4 is 17.7 Å². The fourth-order valence-corrected chi connectivity index (χ4v) is 1.53. The average molecular weight is 265 g/mol. The minimum Gasteiger partial charge on any atom is -0.480 e. The van der Waals surface area contributed by atoms with Crippen molar-refractivity contribution in [3.8, 4) is 0 Å². The van der Waals surface area contributed by atoms with Crippen LogP contribution < -0.4 is 5.32 Å². The number of carbonyl (C=O) groups is 1. The molecule has 2 N–H and O–H groups in total. The van der Waals surface area contributed by atoms with Gasteiger partial charge in [0.05, 0.1) is 12.3 Å². The third kappa shape index (κ3) is 5.18. The molecule has 0 spiro atoms. The molecule has 96 valence electrons. The van der Waals surface area contributed by atoms with Crippen LogP contribution in [0.4, 0.5) is 8.78 Å². The Morgan fingerprint density at radius 1 is 1.53 bits per heavy atom. The van der Waals surface area contributed by atoms with Crippen molar-refractivity contribution in [3.63, 3.8) is 0 Å². The predicted molar refractivity (Wildman–Crippen MR) is 59.9 cm³/mol. The molecule has 17 heavy (non-hydrogen) atoms. The smallest absolute Gasteiger partial charge is 0.320 e. The third-order valence-electron chi connectivity index (χ3n) is 2.02. The Balaban J connectivity index is 2.38. The molecule has 0 bridgehead atoms. The van der Waals surface area contributed by atoms with Crippen LogP contribution in [0.15, 0.2) is 16.5 Å². The number of hydrogen-bond acceptors (Lipinski definition) is 4. The number of furan rings is 1. The van der Waals surface area contributed by atoms with E-state index in [9.17, 15) is 13.6 Å². The van der Waals surface area contributed by atoms with E-state index >= 15 is 0 Å². The van der Waals surface area contributed by atoms with E-state index in [0.717, 1.165) is 0 Å². The molecular weight excluding hydrogens is 252 g/mol. The van der Waals surface area contributed by atoms with Crippen LogP contribution in [-0.2, 0) is 17.1 Å². The SMILES string of the molecule is CC(NCc1ccc(CSC(F)F)o1)C(=O)O. The number of alkyl halides is 2. The van der Waals surface area contributed by atoms with E-state index in [1.54, 1.807) is 12.1 Å². The molecule has 0 aliphatic heterocycles. The summed E-state index contributed by atoms with van der Waals surface area (Å²) in [5.41, 5.74) is 0. The fraction of sp³-hybridized carbons (Fsp3) is 0.500. The third-order valence-corrected chi connectivity index (χ3v) is 2.72. The summed E-state index contributed by atoms with van der Waals surface area (Å²) < 4.78 is 29.1. The Kier molecular flexibility index (Phi) is 5.43. The van der Waals surface area contributed by atoms with Crippen LogP contribution in [0, 0.1) is 0 Å². The highest BCUT2D eigenvalue weighted by Gasteiger charge is 2.11. The Hall–Kier alpha value is -1.08. The van der Waals surface area contributed by atoms with Crippen molar-refractivity contribution in [1.82, 2.24) is 5.32 Å². The van der Waals surface area contributed by atoms with E-state index < -0.39 is 17.8 Å². The number of aliphatic carboxylic acids is 1. The summed E-state index contributed by atoms with van der Waals surface area (Å²) in [4.78, 5) is 10.5. The van der Waals surface area contributed by atoms with Crippen LogP contribution in [0.25, 0.3) is 0 Å². The van der Waals surface area contributed by atoms with Crippen molar-refractivity contribution in [2.24, 2.45) is 0 Å². The maximum absolute atomic E-state index is 11.9. The molecule has 1 atom stereocenters. The normalized spacial score (nSPS) is 12.9. The van der Waals surface area contributed by atoms with Crippen LogP contribution >= 0.6 is 11.8 Å².